The maximum Gasteiger partial charge on any atom is 0.181 e. The van der Waals surface area contributed by atoms with E-state index in [1.807, 2.05) is 6.07 Å². The molecule has 1 aromatic carbocycles. The van der Waals surface area contributed by atoms with Crippen molar-refractivity contribution >= 4 is 15.9 Å². The first-order chi connectivity index (χ1) is 10.1. The first-order valence-corrected chi connectivity index (χ1v) is 8.43. The number of hydrogen-bond donors (Lipinski definition) is 1. The minimum absolute atomic E-state index is 0.0419. The Morgan fingerprint density at radius 3 is 2.67 bits per heavy atom. The van der Waals surface area contributed by atoms with Crippen LogP contribution in [0.1, 0.15) is 31.4 Å². The standard InChI is InChI=1S/C16H23BrN2O2/c1-12(18)15(13-5-2-3-6-14(13)17)19-8-4-7-16(11-19)20-9-10-21-16/h2-3,5-6,12,15H,4,7-11,18H2,1H3. The Morgan fingerprint density at radius 2 is 2.00 bits per heavy atom. The number of nitrogens with two attached hydrogens (primary N) is 1. The van der Waals surface area contributed by atoms with E-state index in [1.165, 1.54) is 5.56 Å². The summed E-state index contributed by atoms with van der Waals surface area (Å²) in [5, 5.41) is 0. The number of nitrogens with zero attached hydrogens (tertiary/aromatic N) is 1. The van der Waals surface area contributed by atoms with Crippen molar-refractivity contribution in [2.24, 2.45) is 5.73 Å². The monoisotopic (exact) mass is 354 g/mol. The highest BCUT2D eigenvalue weighted by Crippen LogP contribution is 2.37. The molecule has 1 aromatic rings. The van der Waals surface area contributed by atoms with E-state index >= 15 is 0 Å². The van der Waals surface area contributed by atoms with Gasteiger partial charge in [-0.05, 0) is 31.5 Å². The fraction of sp³-hybridized carbons (Fsp3) is 0.625. The molecule has 1 spiro atoms. The number of benzene rings is 1. The fourth-order valence-corrected chi connectivity index (χ4v) is 4.04. The van der Waals surface area contributed by atoms with Crippen molar-refractivity contribution in [3.63, 3.8) is 0 Å². The Labute approximate surface area is 134 Å². The lowest BCUT2D eigenvalue weighted by Crippen LogP contribution is -2.52. The van der Waals surface area contributed by atoms with Gasteiger partial charge in [0.2, 0.25) is 0 Å². The zero-order valence-electron chi connectivity index (χ0n) is 12.4. The first kappa shape index (κ1) is 15.4. The van der Waals surface area contributed by atoms with Crippen LogP contribution in [0.3, 0.4) is 0 Å². The summed E-state index contributed by atoms with van der Waals surface area (Å²) < 4.78 is 12.9. The summed E-state index contributed by atoms with van der Waals surface area (Å²) in [7, 11) is 0. The average Bonchev–Trinajstić information content (AvgIpc) is 2.89. The van der Waals surface area contributed by atoms with Crippen LogP contribution in [0, 0.1) is 0 Å². The molecule has 3 rings (SSSR count). The smallest absolute Gasteiger partial charge is 0.181 e. The summed E-state index contributed by atoms with van der Waals surface area (Å²) in [4.78, 5) is 2.42. The minimum atomic E-state index is -0.410. The molecule has 2 unspecified atom stereocenters. The molecule has 2 aliphatic heterocycles. The van der Waals surface area contributed by atoms with Gasteiger partial charge in [0, 0.05) is 16.9 Å². The molecule has 2 atom stereocenters. The minimum Gasteiger partial charge on any atom is -0.346 e. The van der Waals surface area contributed by atoms with E-state index < -0.39 is 5.79 Å². The molecule has 0 radical (unpaired) electrons. The lowest BCUT2D eigenvalue weighted by Gasteiger charge is -2.44. The van der Waals surface area contributed by atoms with Crippen molar-refractivity contribution in [1.82, 2.24) is 4.90 Å². The van der Waals surface area contributed by atoms with Crippen molar-refractivity contribution < 1.29 is 9.47 Å². The van der Waals surface area contributed by atoms with E-state index in [2.05, 4.69) is 46.0 Å². The van der Waals surface area contributed by atoms with E-state index in [0.717, 1.165) is 30.4 Å². The molecule has 2 fully saturated rings. The van der Waals surface area contributed by atoms with Gasteiger partial charge in [-0.3, -0.25) is 4.90 Å². The zero-order chi connectivity index (χ0) is 14.9. The third kappa shape index (κ3) is 3.17. The average molecular weight is 355 g/mol. The molecule has 5 heteroatoms. The van der Waals surface area contributed by atoms with Gasteiger partial charge in [-0.2, -0.15) is 0 Å². The van der Waals surface area contributed by atoms with Crippen LogP contribution in [-0.4, -0.2) is 43.0 Å². The molecule has 0 aliphatic carbocycles. The predicted octanol–water partition coefficient (Wildman–Crippen LogP) is 2.68. The van der Waals surface area contributed by atoms with Gasteiger partial charge >= 0.3 is 0 Å². The molecule has 2 heterocycles. The van der Waals surface area contributed by atoms with Gasteiger partial charge in [0.1, 0.15) is 0 Å². The quantitative estimate of drug-likeness (QED) is 0.906. The molecule has 0 aromatic heterocycles. The molecule has 2 saturated heterocycles. The van der Waals surface area contributed by atoms with Crippen molar-refractivity contribution in [1.29, 1.82) is 0 Å². The summed E-state index contributed by atoms with van der Waals surface area (Å²) in [6.45, 7) is 5.29. The van der Waals surface area contributed by atoms with Crippen LogP contribution in [0.5, 0.6) is 0 Å². The van der Waals surface area contributed by atoms with Gasteiger partial charge in [0.05, 0.1) is 25.8 Å². The highest BCUT2D eigenvalue weighted by Gasteiger charge is 2.43. The number of rotatable bonds is 3. The SMILES string of the molecule is CC(N)C(c1ccccc1Br)N1CCCC2(C1)OCCO2. The summed E-state index contributed by atoms with van der Waals surface area (Å²) in [5.74, 6) is -0.410. The lowest BCUT2D eigenvalue weighted by molar-refractivity contribution is -0.195. The Balaban J connectivity index is 1.86. The molecule has 21 heavy (non-hydrogen) atoms. The van der Waals surface area contributed by atoms with Crippen LogP contribution in [-0.2, 0) is 9.47 Å². The highest BCUT2D eigenvalue weighted by atomic mass is 79.9. The zero-order valence-corrected chi connectivity index (χ0v) is 14.0. The van der Waals surface area contributed by atoms with Crippen LogP contribution < -0.4 is 5.73 Å². The maximum atomic E-state index is 6.31. The number of ether oxygens (including phenoxy) is 2. The van der Waals surface area contributed by atoms with Gasteiger partial charge < -0.3 is 15.2 Å². The van der Waals surface area contributed by atoms with Crippen molar-refractivity contribution in [3.8, 4) is 0 Å². The summed E-state index contributed by atoms with van der Waals surface area (Å²) in [5.41, 5.74) is 7.55. The van der Waals surface area contributed by atoms with Crippen LogP contribution >= 0.6 is 15.9 Å². The number of piperidine rings is 1. The predicted molar refractivity (Wildman–Crippen MR) is 86.0 cm³/mol. The van der Waals surface area contributed by atoms with Gasteiger partial charge in [-0.1, -0.05) is 34.1 Å². The molecular weight excluding hydrogens is 332 g/mol. The van der Waals surface area contributed by atoms with Gasteiger partial charge in [0.25, 0.3) is 0 Å². The van der Waals surface area contributed by atoms with Crippen LogP contribution in [0.15, 0.2) is 28.7 Å². The third-order valence-corrected chi connectivity index (χ3v) is 5.10. The Hall–Kier alpha value is -0.460. The van der Waals surface area contributed by atoms with Gasteiger partial charge in [-0.15, -0.1) is 0 Å². The number of likely N-dealkylation sites (tertiary alicyclic amines) is 1. The second-order valence-corrected chi connectivity index (χ2v) is 6.86. The molecule has 2 aliphatic rings. The highest BCUT2D eigenvalue weighted by molar-refractivity contribution is 9.10. The normalized spacial score (nSPS) is 25.1. The molecule has 0 saturated carbocycles. The summed E-state index contributed by atoms with van der Waals surface area (Å²) in [6, 6.07) is 8.54. The molecule has 0 bridgehead atoms. The summed E-state index contributed by atoms with van der Waals surface area (Å²) >= 11 is 3.66. The van der Waals surface area contributed by atoms with Crippen LogP contribution in [0.2, 0.25) is 0 Å². The number of hydrogen-bond acceptors (Lipinski definition) is 4. The van der Waals surface area contributed by atoms with Gasteiger partial charge in [0.15, 0.2) is 5.79 Å². The second kappa shape index (κ2) is 6.34. The molecular formula is C16H23BrN2O2. The second-order valence-electron chi connectivity index (χ2n) is 6.01. The van der Waals surface area contributed by atoms with E-state index in [1.54, 1.807) is 0 Å². The van der Waals surface area contributed by atoms with Crippen molar-refractivity contribution in [2.75, 3.05) is 26.3 Å². The van der Waals surface area contributed by atoms with E-state index in [4.69, 9.17) is 15.2 Å². The van der Waals surface area contributed by atoms with E-state index in [0.29, 0.717) is 13.2 Å². The van der Waals surface area contributed by atoms with Crippen LogP contribution in [0.25, 0.3) is 0 Å². The maximum absolute atomic E-state index is 6.31. The number of halogens is 1. The molecule has 2 N–H and O–H groups in total. The Kier molecular flexibility index (Phi) is 4.66. The topological polar surface area (TPSA) is 47.7 Å². The molecule has 4 nitrogen and oxygen atoms in total. The Morgan fingerprint density at radius 1 is 1.29 bits per heavy atom. The van der Waals surface area contributed by atoms with Gasteiger partial charge in [-0.25, -0.2) is 0 Å². The molecule has 116 valence electrons. The summed E-state index contributed by atoms with van der Waals surface area (Å²) in [6.07, 6.45) is 2.05. The fourth-order valence-electron chi connectivity index (χ4n) is 3.52. The lowest BCUT2D eigenvalue weighted by atomic mass is 9.95. The van der Waals surface area contributed by atoms with E-state index in [-0.39, 0.29) is 12.1 Å². The van der Waals surface area contributed by atoms with Crippen molar-refractivity contribution in [3.05, 3.63) is 34.3 Å². The van der Waals surface area contributed by atoms with Crippen LogP contribution in [0.4, 0.5) is 0 Å². The third-order valence-electron chi connectivity index (χ3n) is 4.38. The van der Waals surface area contributed by atoms with Crippen molar-refractivity contribution in [2.45, 2.75) is 37.6 Å². The molecule has 0 amide bonds. The first-order valence-electron chi connectivity index (χ1n) is 7.63. The van der Waals surface area contributed by atoms with E-state index in [9.17, 15) is 0 Å². The Bertz CT molecular complexity index is 489. The largest absolute Gasteiger partial charge is 0.346 e.